The molecule has 3 unspecified atom stereocenters. The second-order valence-electron chi connectivity index (χ2n) is 4.89. The van der Waals surface area contributed by atoms with E-state index in [1.807, 2.05) is 4.90 Å². The molecule has 0 aromatic rings. The van der Waals surface area contributed by atoms with Crippen LogP contribution in [0.4, 0.5) is 4.79 Å². The van der Waals surface area contributed by atoms with E-state index in [9.17, 15) is 4.79 Å². The molecule has 3 atom stereocenters. The van der Waals surface area contributed by atoms with Crippen LogP contribution in [0.25, 0.3) is 0 Å². The lowest BCUT2D eigenvalue weighted by molar-refractivity contribution is 0.0937. The minimum absolute atomic E-state index is 0.0692. The van der Waals surface area contributed by atoms with E-state index in [1.54, 1.807) is 0 Å². The number of carbonyl (C=O) groups excluding carboxylic acids is 1. The Morgan fingerprint density at radius 1 is 1.47 bits per heavy atom. The van der Waals surface area contributed by atoms with Crippen LogP contribution in [0.15, 0.2) is 0 Å². The van der Waals surface area contributed by atoms with Crippen molar-refractivity contribution >= 4 is 6.09 Å². The zero-order valence-corrected chi connectivity index (χ0v) is 9.74. The SMILES string of the molecule is CCCCOC(=O)N1C2CCC1C(C)C2. The molecule has 0 radical (unpaired) electrons. The van der Waals surface area contributed by atoms with Gasteiger partial charge in [-0.15, -0.1) is 0 Å². The van der Waals surface area contributed by atoms with Gasteiger partial charge in [-0.2, -0.15) is 0 Å². The number of hydrogen-bond acceptors (Lipinski definition) is 2. The number of unbranched alkanes of at least 4 members (excludes halogenated alkanes) is 1. The monoisotopic (exact) mass is 211 g/mol. The Labute approximate surface area is 91.8 Å². The van der Waals surface area contributed by atoms with Gasteiger partial charge < -0.3 is 9.64 Å². The number of fused-ring (bicyclic) bond motifs is 2. The lowest BCUT2D eigenvalue weighted by Gasteiger charge is -2.22. The molecule has 0 spiro atoms. The minimum atomic E-state index is -0.0692. The van der Waals surface area contributed by atoms with Crippen LogP contribution < -0.4 is 0 Å². The summed E-state index contributed by atoms with van der Waals surface area (Å²) in [6.07, 6.45) is 5.52. The average molecular weight is 211 g/mol. The van der Waals surface area contributed by atoms with Crippen LogP contribution >= 0.6 is 0 Å². The fourth-order valence-electron chi connectivity index (χ4n) is 2.95. The van der Waals surface area contributed by atoms with Gasteiger partial charge in [0.25, 0.3) is 0 Å². The average Bonchev–Trinajstić information content (AvgIpc) is 2.74. The van der Waals surface area contributed by atoms with E-state index in [-0.39, 0.29) is 6.09 Å². The van der Waals surface area contributed by atoms with Crippen LogP contribution in [0.5, 0.6) is 0 Å². The van der Waals surface area contributed by atoms with Crippen molar-refractivity contribution in [1.29, 1.82) is 0 Å². The van der Waals surface area contributed by atoms with Gasteiger partial charge in [-0.05, 0) is 31.6 Å². The van der Waals surface area contributed by atoms with Crippen molar-refractivity contribution in [3.05, 3.63) is 0 Å². The second-order valence-corrected chi connectivity index (χ2v) is 4.89. The molecular formula is C12H21NO2. The van der Waals surface area contributed by atoms with Crippen LogP contribution in [0, 0.1) is 5.92 Å². The fraction of sp³-hybridized carbons (Fsp3) is 0.917. The molecule has 2 heterocycles. The van der Waals surface area contributed by atoms with Gasteiger partial charge in [0.15, 0.2) is 0 Å². The summed E-state index contributed by atoms with van der Waals surface area (Å²) in [6.45, 7) is 4.94. The van der Waals surface area contributed by atoms with Crippen molar-refractivity contribution in [1.82, 2.24) is 4.90 Å². The largest absolute Gasteiger partial charge is 0.449 e. The molecule has 0 aliphatic carbocycles. The maximum Gasteiger partial charge on any atom is 0.410 e. The first-order valence-corrected chi connectivity index (χ1v) is 6.19. The van der Waals surface area contributed by atoms with Crippen molar-refractivity contribution in [2.45, 2.75) is 58.0 Å². The first kappa shape index (κ1) is 10.8. The molecule has 1 amide bonds. The van der Waals surface area contributed by atoms with Gasteiger partial charge >= 0.3 is 6.09 Å². The Kier molecular flexibility index (Phi) is 3.17. The summed E-state index contributed by atoms with van der Waals surface area (Å²) >= 11 is 0. The smallest absolute Gasteiger partial charge is 0.410 e. The number of carbonyl (C=O) groups is 1. The molecule has 86 valence electrons. The molecule has 2 rings (SSSR count). The highest BCUT2D eigenvalue weighted by atomic mass is 16.6. The molecule has 2 aliphatic rings. The van der Waals surface area contributed by atoms with E-state index < -0.39 is 0 Å². The van der Waals surface area contributed by atoms with Crippen molar-refractivity contribution < 1.29 is 9.53 Å². The van der Waals surface area contributed by atoms with Crippen LogP contribution in [0.2, 0.25) is 0 Å². The van der Waals surface area contributed by atoms with Crippen molar-refractivity contribution in [2.24, 2.45) is 5.92 Å². The normalized spacial score (nSPS) is 33.5. The summed E-state index contributed by atoms with van der Waals surface area (Å²) in [4.78, 5) is 13.8. The molecule has 0 N–H and O–H groups in total. The van der Waals surface area contributed by atoms with Crippen LogP contribution in [0.3, 0.4) is 0 Å². The topological polar surface area (TPSA) is 29.5 Å². The van der Waals surface area contributed by atoms with Gasteiger partial charge in [-0.25, -0.2) is 4.79 Å². The van der Waals surface area contributed by atoms with Crippen LogP contribution in [0.1, 0.15) is 46.0 Å². The predicted molar refractivity (Wildman–Crippen MR) is 58.7 cm³/mol. The minimum Gasteiger partial charge on any atom is -0.449 e. The molecule has 15 heavy (non-hydrogen) atoms. The van der Waals surface area contributed by atoms with E-state index in [0.29, 0.717) is 24.6 Å². The second kappa shape index (κ2) is 4.42. The molecule has 3 heteroatoms. The summed E-state index contributed by atoms with van der Waals surface area (Å²) in [5, 5.41) is 0. The Bertz CT molecular complexity index is 242. The number of ether oxygens (including phenoxy) is 1. The Morgan fingerprint density at radius 2 is 2.27 bits per heavy atom. The van der Waals surface area contributed by atoms with Gasteiger partial charge in [0.1, 0.15) is 0 Å². The third kappa shape index (κ3) is 1.97. The molecule has 0 saturated carbocycles. The quantitative estimate of drug-likeness (QED) is 0.672. The van der Waals surface area contributed by atoms with E-state index in [2.05, 4.69) is 13.8 Å². The Morgan fingerprint density at radius 3 is 2.80 bits per heavy atom. The van der Waals surface area contributed by atoms with Crippen molar-refractivity contribution in [3.8, 4) is 0 Å². The van der Waals surface area contributed by atoms with Gasteiger partial charge in [0.2, 0.25) is 0 Å². The van der Waals surface area contributed by atoms with E-state index in [0.717, 1.165) is 12.8 Å². The van der Waals surface area contributed by atoms with Gasteiger partial charge in [0, 0.05) is 12.1 Å². The predicted octanol–water partition coefficient (Wildman–Crippen LogP) is 2.80. The van der Waals surface area contributed by atoms with Crippen molar-refractivity contribution in [2.75, 3.05) is 6.61 Å². The molecule has 3 nitrogen and oxygen atoms in total. The van der Waals surface area contributed by atoms with Gasteiger partial charge in [-0.3, -0.25) is 0 Å². The van der Waals surface area contributed by atoms with E-state index in [1.165, 1.54) is 19.3 Å². The first-order chi connectivity index (χ1) is 7.24. The Hall–Kier alpha value is -0.730. The number of hydrogen-bond donors (Lipinski definition) is 0. The van der Waals surface area contributed by atoms with E-state index >= 15 is 0 Å². The van der Waals surface area contributed by atoms with Crippen molar-refractivity contribution in [3.63, 3.8) is 0 Å². The molecule has 0 aromatic carbocycles. The number of amides is 1. The summed E-state index contributed by atoms with van der Waals surface area (Å²) in [7, 11) is 0. The molecule has 0 aromatic heterocycles. The number of rotatable bonds is 3. The maximum absolute atomic E-state index is 11.8. The first-order valence-electron chi connectivity index (χ1n) is 6.19. The Balaban J connectivity index is 1.86. The standard InChI is InChI=1S/C12H21NO2/c1-3-4-7-15-12(14)13-10-5-6-11(13)9(2)8-10/h9-11H,3-8H2,1-2H3. The highest BCUT2D eigenvalue weighted by Gasteiger charge is 2.47. The summed E-state index contributed by atoms with van der Waals surface area (Å²) in [6, 6.07) is 0.934. The highest BCUT2D eigenvalue weighted by molar-refractivity contribution is 5.69. The highest BCUT2D eigenvalue weighted by Crippen LogP contribution is 2.41. The lowest BCUT2D eigenvalue weighted by atomic mass is 9.91. The third-order valence-electron chi connectivity index (χ3n) is 3.78. The lowest BCUT2D eigenvalue weighted by Crippen LogP contribution is -2.36. The van der Waals surface area contributed by atoms with E-state index in [4.69, 9.17) is 4.74 Å². The zero-order valence-electron chi connectivity index (χ0n) is 9.74. The molecule has 2 saturated heterocycles. The summed E-state index contributed by atoms with van der Waals surface area (Å²) in [5.74, 6) is 0.669. The zero-order chi connectivity index (χ0) is 10.8. The summed E-state index contributed by atoms with van der Waals surface area (Å²) in [5.41, 5.74) is 0. The van der Waals surface area contributed by atoms with Crippen LogP contribution in [-0.2, 0) is 4.74 Å². The molecule has 2 fully saturated rings. The van der Waals surface area contributed by atoms with Gasteiger partial charge in [-0.1, -0.05) is 20.3 Å². The maximum atomic E-state index is 11.8. The molecule has 2 aliphatic heterocycles. The molecular weight excluding hydrogens is 190 g/mol. The molecule has 2 bridgehead atoms. The van der Waals surface area contributed by atoms with Crippen LogP contribution in [-0.4, -0.2) is 29.7 Å². The number of nitrogens with zero attached hydrogens (tertiary/aromatic N) is 1. The fourth-order valence-corrected chi connectivity index (χ4v) is 2.95. The van der Waals surface area contributed by atoms with Gasteiger partial charge in [0.05, 0.1) is 6.61 Å². The third-order valence-corrected chi connectivity index (χ3v) is 3.78. The summed E-state index contributed by atoms with van der Waals surface area (Å²) < 4.78 is 5.28.